The zero-order valence-corrected chi connectivity index (χ0v) is 10.0. The molecule has 0 radical (unpaired) electrons. The molecule has 3 N–H and O–H groups in total. The second kappa shape index (κ2) is 5.08. The third-order valence-electron chi connectivity index (χ3n) is 2.97. The Morgan fingerprint density at radius 1 is 1.28 bits per heavy atom. The highest BCUT2D eigenvalue weighted by Crippen LogP contribution is 2.28. The number of anilines is 1. The molecule has 0 aromatic heterocycles. The number of carbonyl (C=O) groups is 2. The monoisotopic (exact) mass is 248 g/mol. The quantitative estimate of drug-likeness (QED) is 0.770. The molecule has 1 aliphatic rings. The molecule has 0 bridgehead atoms. The van der Waals surface area contributed by atoms with Crippen molar-refractivity contribution < 1.29 is 14.7 Å². The van der Waals surface area contributed by atoms with Crippen LogP contribution in [-0.2, 0) is 4.79 Å². The fraction of sp³-hybridized carbons (Fsp3) is 0.385. The van der Waals surface area contributed by atoms with Gasteiger partial charge in [0, 0.05) is 23.8 Å². The summed E-state index contributed by atoms with van der Waals surface area (Å²) >= 11 is 0. The van der Waals surface area contributed by atoms with E-state index in [0.717, 1.165) is 12.8 Å². The Morgan fingerprint density at radius 3 is 2.39 bits per heavy atom. The number of nitrogen functional groups attached to an aromatic ring is 1. The van der Waals surface area contributed by atoms with Crippen LogP contribution < -0.4 is 5.73 Å². The minimum absolute atomic E-state index is 0.0167. The minimum atomic E-state index is -0.884. The van der Waals surface area contributed by atoms with Gasteiger partial charge in [0.1, 0.15) is 0 Å². The summed E-state index contributed by atoms with van der Waals surface area (Å²) in [6, 6.07) is 6.90. The topological polar surface area (TPSA) is 83.6 Å². The number of carbonyl (C=O) groups excluding carboxylic acids is 1. The van der Waals surface area contributed by atoms with Gasteiger partial charge in [-0.05, 0) is 37.1 Å². The first kappa shape index (κ1) is 12.4. The summed E-state index contributed by atoms with van der Waals surface area (Å²) in [4.78, 5) is 24.5. The third kappa shape index (κ3) is 3.00. The predicted molar refractivity (Wildman–Crippen MR) is 67.2 cm³/mol. The van der Waals surface area contributed by atoms with Crippen molar-refractivity contribution >= 4 is 17.6 Å². The number of hydrogen-bond acceptors (Lipinski definition) is 3. The van der Waals surface area contributed by atoms with Gasteiger partial charge in [0.25, 0.3) is 5.91 Å². The van der Waals surface area contributed by atoms with Crippen LogP contribution in [0.2, 0.25) is 0 Å². The zero-order valence-electron chi connectivity index (χ0n) is 10.0. The summed E-state index contributed by atoms with van der Waals surface area (Å²) in [7, 11) is 0. The fourth-order valence-electron chi connectivity index (χ4n) is 1.84. The number of nitrogens with zero attached hydrogens (tertiary/aromatic N) is 1. The Balaban J connectivity index is 2.07. The van der Waals surface area contributed by atoms with E-state index in [1.807, 2.05) is 0 Å². The maximum absolute atomic E-state index is 12.2. The highest BCUT2D eigenvalue weighted by molar-refractivity contribution is 5.95. The smallest absolute Gasteiger partial charge is 0.305 e. The van der Waals surface area contributed by atoms with Crippen molar-refractivity contribution in [3.8, 4) is 0 Å². The van der Waals surface area contributed by atoms with Gasteiger partial charge in [-0.15, -0.1) is 0 Å². The van der Waals surface area contributed by atoms with Gasteiger partial charge in [-0.25, -0.2) is 0 Å². The zero-order chi connectivity index (χ0) is 13.1. The molecular weight excluding hydrogens is 232 g/mol. The van der Waals surface area contributed by atoms with Crippen LogP contribution >= 0.6 is 0 Å². The molecule has 5 heteroatoms. The normalized spacial score (nSPS) is 14.2. The van der Waals surface area contributed by atoms with E-state index in [-0.39, 0.29) is 24.9 Å². The number of nitrogens with two attached hydrogens (primary N) is 1. The molecule has 1 amide bonds. The largest absolute Gasteiger partial charge is 0.481 e. The second-order valence-corrected chi connectivity index (χ2v) is 4.50. The van der Waals surface area contributed by atoms with Gasteiger partial charge in [0.15, 0.2) is 0 Å². The van der Waals surface area contributed by atoms with Crippen LogP contribution in [0.5, 0.6) is 0 Å². The van der Waals surface area contributed by atoms with E-state index in [4.69, 9.17) is 10.8 Å². The SMILES string of the molecule is Nc1ccc(C(=O)N(CCC(=O)O)C2CC2)cc1. The number of aliphatic carboxylic acids is 1. The van der Waals surface area contributed by atoms with Crippen LogP contribution in [0.1, 0.15) is 29.6 Å². The highest BCUT2D eigenvalue weighted by atomic mass is 16.4. The molecule has 1 saturated carbocycles. The number of carboxylic acids is 1. The predicted octanol–water partition coefficient (Wildman–Crippen LogP) is 1.35. The first-order valence-corrected chi connectivity index (χ1v) is 5.96. The molecule has 2 rings (SSSR count). The van der Waals surface area contributed by atoms with Crippen molar-refractivity contribution in [2.45, 2.75) is 25.3 Å². The number of hydrogen-bond donors (Lipinski definition) is 2. The van der Waals surface area contributed by atoms with E-state index in [1.165, 1.54) is 0 Å². The Hall–Kier alpha value is -2.04. The first-order chi connectivity index (χ1) is 8.58. The van der Waals surface area contributed by atoms with Crippen molar-refractivity contribution in [2.24, 2.45) is 0 Å². The molecule has 1 fully saturated rings. The van der Waals surface area contributed by atoms with Crippen LogP contribution in [0.25, 0.3) is 0 Å². The number of benzene rings is 1. The fourth-order valence-corrected chi connectivity index (χ4v) is 1.84. The summed E-state index contributed by atoms with van der Waals surface area (Å²) < 4.78 is 0. The van der Waals surface area contributed by atoms with E-state index in [2.05, 4.69) is 0 Å². The van der Waals surface area contributed by atoms with Crippen molar-refractivity contribution in [3.05, 3.63) is 29.8 Å². The molecular formula is C13H16N2O3. The van der Waals surface area contributed by atoms with Gasteiger partial charge in [-0.2, -0.15) is 0 Å². The lowest BCUT2D eigenvalue weighted by Crippen LogP contribution is -2.34. The van der Waals surface area contributed by atoms with Crippen LogP contribution in [0, 0.1) is 0 Å². The van der Waals surface area contributed by atoms with Crippen LogP contribution in [0.3, 0.4) is 0 Å². The van der Waals surface area contributed by atoms with E-state index in [0.29, 0.717) is 11.3 Å². The van der Waals surface area contributed by atoms with Gasteiger partial charge in [-0.1, -0.05) is 0 Å². The molecule has 18 heavy (non-hydrogen) atoms. The standard InChI is InChI=1S/C13H16N2O3/c14-10-3-1-9(2-4-10)13(18)15(11-5-6-11)8-7-12(16)17/h1-4,11H,5-8,14H2,(H,16,17). The lowest BCUT2D eigenvalue weighted by atomic mass is 10.1. The molecule has 0 saturated heterocycles. The lowest BCUT2D eigenvalue weighted by molar-refractivity contribution is -0.137. The molecule has 0 spiro atoms. The Kier molecular flexibility index (Phi) is 3.50. The van der Waals surface area contributed by atoms with Gasteiger partial charge >= 0.3 is 5.97 Å². The number of carboxylic acid groups (broad SMARTS) is 1. The van der Waals surface area contributed by atoms with Crippen LogP contribution in [0.15, 0.2) is 24.3 Å². The van der Waals surface area contributed by atoms with Crippen molar-refractivity contribution in [3.63, 3.8) is 0 Å². The molecule has 1 aromatic rings. The Labute approximate surface area is 105 Å². The average molecular weight is 248 g/mol. The molecule has 0 unspecified atom stereocenters. The molecule has 0 aliphatic heterocycles. The van der Waals surface area contributed by atoms with Crippen LogP contribution in [-0.4, -0.2) is 34.5 Å². The maximum atomic E-state index is 12.2. The second-order valence-electron chi connectivity index (χ2n) is 4.50. The van der Waals surface area contributed by atoms with E-state index in [9.17, 15) is 9.59 Å². The molecule has 5 nitrogen and oxygen atoms in total. The molecule has 0 heterocycles. The van der Waals surface area contributed by atoms with Gasteiger partial charge in [0.2, 0.25) is 0 Å². The molecule has 96 valence electrons. The van der Waals surface area contributed by atoms with Gasteiger partial charge in [-0.3, -0.25) is 9.59 Å². The summed E-state index contributed by atoms with van der Waals surface area (Å²) in [5, 5.41) is 8.70. The van der Waals surface area contributed by atoms with Crippen molar-refractivity contribution in [1.29, 1.82) is 0 Å². The summed E-state index contributed by atoms with van der Waals surface area (Å²) in [5.74, 6) is -0.996. The van der Waals surface area contributed by atoms with Crippen molar-refractivity contribution in [2.75, 3.05) is 12.3 Å². The van der Waals surface area contributed by atoms with E-state index >= 15 is 0 Å². The van der Waals surface area contributed by atoms with E-state index < -0.39 is 5.97 Å². The summed E-state index contributed by atoms with van der Waals surface area (Å²) in [5.41, 5.74) is 6.73. The van der Waals surface area contributed by atoms with Crippen molar-refractivity contribution in [1.82, 2.24) is 4.90 Å². The molecule has 1 aromatic carbocycles. The maximum Gasteiger partial charge on any atom is 0.305 e. The first-order valence-electron chi connectivity index (χ1n) is 5.96. The van der Waals surface area contributed by atoms with Gasteiger partial charge < -0.3 is 15.7 Å². The summed E-state index contributed by atoms with van der Waals surface area (Å²) in [6.45, 7) is 0.267. The Bertz CT molecular complexity index is 452. The van der Waals surface area contributed by atoms with Crippen LogP contribution in [0.4, 0.5) is 5.69 Å². The third-order valence-corrected chi connectivity index (χ3v) is 2.97. The Morgan fingerprint density at radius 2 is 1.89 bits per heavy atom. The van der Waals surface area contributed by atoms with Gasteiger partial charge in [0.05, 0.1) is 6.42 Å². The highest BCUT2D eigenvalue weighted by Gasteiger charge is 2.33. The molecule has 1 aliphatic carbocycles. The number of rotatable bonds is 5. The number of amides is 1. The lowest BCUT2D eigenvalue weighted by Gasteiger charge is -2.21. The minimum Gasteiger partial charge on any atom is -0.481 e. The summed E-state index contributed by atoms with van der Waals surface area (Å²) in [6.07, 6.45) is 1.90. The average Bonchev–Trinajstić information content (AvgIpc) is 3.14. The molecule has 0 atom stereocenters. The van der Waals surface area contributed by atoms with E-state index in [1.54, 1.807) is 29.2 Å².